The third-order valence-corrected chi connectivity index (χ3v) is 3.12. The molecule has 0 aliphatic rings. The minimum absolute atomic E-state index is 0.201. The molecule has 2 rings (SSSR count). The number of benzene rings is 1. The van der Waals surface area contributed by atoms with Gasteiger partial charge < -0.3 is 9.67 Å². The van der Waals surface area contributed by atoms with Crippen LogP contribution in [0.4, 0.5) is 5.69 Å². The van der Waals surface area contributed by atoms with E-state index in [0.717, 1.165) is 0 Å². The molecule has 1 aromatic heterocycles. The number of nitro groups is 1. The van der Waals surface area contributed by atoms with E-state index in [2.05, 4.69) is 0 Å². The van der Waals surface area contributed by atoms with Gasteiger partial charge in [-0.3, -0.25) is 14.9 Å². The molecule has 0 aliphatic carbocycles. The Morgan fingerprint density at radius 3 is 2.72 bits per heavy atom. The molecule has 94 valence electrons. The summed E-state index contributed by atoms with van der Waals surface area (Å²) < 4.78 is 1.17. The van der Waals surface area contributed by atoms with Crippen molar-refractivity contribution in [3.8, 4) is 0 Å². The predicted octanol–water partition coefficient (Wildman–Crippen LogP) is 1.59. The first-order chi connectivity index (χ1) is 8.47. The van der Waals surface area contributed by atoms with Crippen molar-refractivity contribution in [2.75, 3.05) is 0 Å². The zero-order valence-corrected chi connectivity index (χ0v) is 10.1. The van der Waals surface area contributed by atoms with E-state index in [-0.39, 0.29) is 11.6 Å². The topological polar surface area (TPSA) is 85.4 Å². The number of hydrogen-bond acceptors (Lipinski definition) is 4. The number of hydrogen-bond donors (Lipinski definition) is 1. The van der Waals surface area contributed by atoms with Crippen LogP contribution in [0, 0.1) is 10.1 Å². The van der Waals surface area contributed by atoms with Gasteiger partial charge in [0.05, 0.1) is 17.0 Å². The lowest BCUT2D eigenvalue weighted by atomic mass is 10.1. The fourth-order valence-corrected chi connectivity index (χ4v) is 2.10. The normalized spacial score (nSPS) is 10.8. The molecule has 0 fully saturated rings. The van der Waals surface area contributed by atoms with Crippen molar-refractivity contribution in [2.45, 2.75) is 6.61 Å². The van der Waals surface area contributed by atoms with Crippen molar-refractivity contribution >= 4 is 28.2 Å². The number of fused-ring (bicyclic) bond motifs is 1. The van der Waals surface area contributed by atoms with E-state index in [0.29, 0.717) is 16.5 Å². The molecule has 0 unspecified atom stereocenters. The number of aryl methyl sites for hydroxylation is 1. The standard InChI is InChI=1S/C11H9ClN2O4/c1-13-8-3-2-6(5-15)4-7(8)9(12)10(11(13)16)14(17)18/h2-4,15H,5H2,1H3. The molecule has 1 aromatic carbocycles. The molecule has 0 spiro atoms. The summed E-state index contributed by atoms with van der Waals surface area (Å²) in [4.78, 5) is 21.8. The van der Waals surface area contributed by atoms with E-state index in [9.17, 15) is 14.9 Å². The van der Waals surface area contributed by atoms with Gasteiger partial charge in [0.15, 0.2) is 0 Å². The van der Waals surface area contributed by atoms with Crippen LogP contribution < -0.4 is 5.56 Å². The van der Waals surface area contributed by atoms with Crippen LogP contribution in [0.1, 0.15) is 5.56 Å². The molecule has 0 aliphatic heterocycles. The van der Waals surface area contributed by atoms with Crippen molar-refractivity contribution in [1.82, 2.24) is 4.57 Å². The van der Waals surface area contributed by atoms with Gasteiger partial charge in [-0.1, -0.05) is 17.7 Å². The van der Waals surface area contributed by atoms with E-state index in [1.54, 1.807) is 12.1 Å². The number of halogens is 1. The highest BCUT2D eigenvalue weighted by Gasteiger charge is 2.23. The molecular formula is C11H9ClN2O4. The van der Waals surface area contributed by atoms with Gasteiger partial charge >= 0.3 is 11.2 Å². The van der Waals surface area contributed by atoms with Crippen LogP contribution in [0.5, 0.6) is 0 Å². The van der Waals surface area contributed by atoms with Crippen LogP contribution in [0.15, 0.2) is 23.0 Å². The number of aromatic nitrogens is 1. The summed E-state index contributed by atoms with van der Waals surface area (Å²) in [5.74, 6) is 0. The Morgan fingerprint density at radius 1 is 1.50 bits per heavy atom. The van der Waals surface area contributed by atoms with Crippen molar-refractivity contribution in [1.29, 1.82) is 0 Å². The Kier molecular flexibility index (Phi) is 3.06. The van der Waals surface area contributed by atoms with Crippen LogP contribution in [-0.4, -0.2) is 14.6 Å². The minimum Gasteiger partial charge on any atom is -0.392 e. The predicted molar refractivity (Wildman–Crippen MR) is 66.8 cm³/mol. The van der Waals surface area contributed by atoms with E-state index in [1.165, 1.54) is 17.7 Å². The lowest BCUT2D eigenvalue weighted by Gasteiger charge is -2.08. The van der Waals surface area contributed by atoms with Crippen molar-refractivity contribution < 1.29 is 10.0 Å². The van der Waals surface area contributed by atoms with Crippen molar-refractivity contribution in [3.63, 3.8) is 0 Å². The van der Waals surface area contributed by atoms with Gasteiger partial charge in [-0.2, -0.15) is 0 Å². The maximum absolute atomic E-state index is 11.8. The molecule has 0 saturated heterocycles. The van der Waals surface area contributed by atoms with Gasteiger partial charge in [-0.25, -0.2) is 0 Å². The third-order valence-electron chi connectivity index (χ3n) is 2.74. The summed E-state index contributed by atoms with van der Waals surface area (Å²) in [5.41, 5.74) is -0.360. The fourth-order valence-electron chi connectivity index (χ4n) is 1.80. The highest BCUT2D eigenvalue weighted by atomic mass is 35.5. The first-order valence-electron chi connectivity index (χ1n) is 5.03. The van der Waals surface area contributed by atoms with Gasteiger partial charge in [-0.05, 0) is 17.7 Å². The second kappa shape index (κ2) is 4.40. The van der Waals surface area contributed by atoms with Gasteiger partial charge in [0, 0.05) is 12.4 Å². The average molecular weight is 269 g/mol. The van der Waals surface area contributed by atoms with Gasteiger partial charge in [0.25, 0.3) is 0 Å². The molecule has 1 N–H and O–H groups in total. The van der Waals surface area contributed by atoms with Crippen LogP contribution >= 0.6 is 11.6 Å². The van der Waals surface area contributed by atoms with Crippen LogP contribution in [-0.2, 0) is 13.7 Å². The lowest BCUT2D eigenvalue weighted by molar-refractivity contribution is -0.386. The summed E-state index contributed by atoms with van der Waals surface area (Å²) in [6.45, 7) is -0.205. The monoisotopic (exact) mass is 268 g/mol. The smallest absolute Gasteiger partial charge is 0.353 e. The quantitative estimate of drug-likeness (QED) is 0.662. The molecule has 1 heterocycles. The first kappa shape index (κ1) is 12.5. The zero-order valence-electron chi connectivity index (χ0n) is 9.38. The number of rotatable bonds is 2. The molecule has 0 saturated carbocycles. The molecule has 2 aromatic rings. The summed E-state index contributed by atoms with van der Waals surface area (Å²) >= 11 is 5.91. The summed E-state index contributed by atoms with van der Waals surface area (Å²) in [6, 6.07) is 4.76. The van der Waals surface area contributed by atoms with Crippen molar-refractivity contribution in [2.24, 2.45) is 7.05 Å². The Hall–Kier alpha value is -1.92. The van der Waals surface area contributed by atoms with E-state index >= 15 is 0 Å². The molecule has 0 bridgehead atoms. The third kappa shape index (κ3) is 1.75. The highest BCUT2D eigenvalue weighted by Crippen LogP contribution is 2.29. The Morgan fingerprint density at radius 2 is 2.17 bits per heavy atom. The Balaban J connectivity index is 2.99. The molecule has 0 radical (unpaired) electrons. The van der Waals surface area contributed by atoms with Crippen LogP contribution in [0.2, 0.25) is 5.02 Å². The first-order valence-corrected chi connectivity index (χ1v) is 5.41. The average Bonchev–Trinajstić information content (AvgIpc) is 2.35. The molecule has 6 nitrogen and oxygen atoms in total. The van der Waals surface area contributed by atoms with E-state index in [1.807, 2.05) is 0 Å². The summed E-state index contributed by atoms with van der Waals surface area (Å²) in [6.07, 6.45) is 0. The maximum atomic E-state index is 11.8. The minimum atomic E-state index is -0.796. The molecule has 0 atom stereocenters. The summed E-state index contributed by atoms with van der Waals surface area (Å²) in [5, 5.41) is 20.1. The number of pyridine rings is 1. The summed E-state index contributed by atoms with van der Waals surface area (Å²) in [7, 11) is 1.44. The zero-order chi connectivity index (χ0) is 13.4. The van der Waals surface area contributed by atoms with Crippen LogP contribution in [0.3, 0.4) is 0 Å². The molecule has 18 heavy (non-hydrogen) atoms. The van der Waals surface area contributed by atoms with Crippen molar-refractivity contribution in [3.05, 3.63) is 49.3 Å². The van der Waals surface area contributed by atoms with E-state index < -0.39 is 16.2 Å². The SMILES string of the molecule is Cn1c(=O)c([N+](=O)[O-])c(Cl)c2cc(CO)ccc21. The molecular weight excluding hydrogens is 260 g/mol. The number of aliphatic hydroxyl groups is 1. The van der Waals surface area contributed by atoms with Crippen LogP contribution in [0.25, 0.3) is 10.9 Å². The Bertz CT molecular complexity index is 708. The maximum Gasteiger partial charge on any atom is 0.353 e. The second-order valence-corrected chi connectivity index (χ2v) is 4.17. The van der Waals surface area contributed by atoms with Gasteiger partial charge in [0.2, 0.25) is 0 Å². The fraction of sp³-hybridized carbons (Fsp3) is 0.182. The number of nitrogens with zero attached hydrogens (tertiary/aromatic N) is 2. The molecule has 7 heteroatoms. The lowest BCUT2D eigenvalue weighted by Crippen LogP contribution is -2.20. The Labute approximate surface area is 106 Å². The largest absolute Gasteiger partial charge is 0.392 e. The van der Waals surface area contributed by atoms with Gasteiger partial charge in [0.1, 0.15) is 5.02 Å². The molecule has 0 amide bonds. The highest BCUT2D eigenvalue weighted by molar-refractivity contribution is 6.37. The number of aliphatic hydroxyl groups excluding tert-OH is 1. The van der Waals surface area contributed by atoms with E-state index in [4.69, 9.17) is 16.7 Å². The van der Waals surface area contributed by atoms with Gasteiger partial charge in [-0.15, -0.1) is 0 Å². The second-order valence-electron chi connectivity index (χ2n) is 3.79.